The van der Waals surface area contributed by atoms with Crippen LogP contribution in [0.25, 0.3) is 11.6 Å². The standard InChI is InChI=1S/C22H24ClN5O4S/c1-13-26-22(32-28-13)18-11-25-20(12-24-18)27-21(29)16(9-14-5-3-4-6-14)15-7-8-19(17(23)10-15)33(2,30)31/h7-8,10-12,14,16H,3-6,9H2,1-2H3,(H,25,27,29)/t16-/m1/s1. The number of benzene rings is 1. The fourth-order valence-corrected chi connectivity index (χ4v) is 5.46. The maximum atomic E-state index is 13.3. The maximum absolute atomic E-state index is 13.3. The Balaban J connectivity index is 1.56. The number of rotatable bonds is 7. The van der Waals surface area contributed by atoms with E-state index in [1.54, 1.807) is 19.1 Å². The second-order valence-electron chi connectivity index (χ2n) is 8.32. The Hall–Kier alpha value is -2.85. The summed E-state index contributed by atoms with van der Waals surface area (Å²) in [7, 11) is -3.46. The first kappa shape index (κ1) is 23.3. The molecule has 0 spiro atoms. The quantitative estimate of drug-likeness (QED) is 0.523. The molecule has 1 saturated carbocycles. The number of carbonyl (C=O) groups excluding carboxylic acids is 1. The Morgan fingerprint density at radius 3 is 2.58 bits per heavy atom. The van der Waals surface area contributed by atoms with E-state index in [1.807, 2.05) is 0 Å². The lowest BCUT2D eigenvalue weighted by molar-refractivity contribution is -0.118. The van der Waals surface area contributed by atoms with Crippen molar-refractivity contribution < 1.29 is 17.7 Å². The van der Waals surface area contributed by atoms with Crippen LogP contribution in [0.15, 0.2) is 40.0 Å². The van der Waals surface area contributed by atoms with Gasteiger partial charge in [-0.3, -0.25) is 4.79 Å². The Kier molecular flexibility index (Phi) is 6.76. The summed E-state index contributed by atoms with van der Waals surface area (Å²) in [6.07, 6.45) is 9.06. The van der Waals surface area contributed by atoms with Crippen molar-refractivity contribution in [2.24, 2.45) is 5.92 Å². The van der Waals surface area contributed by atoms with Crippen LogP contribution in [0.3, 0.4) is 0 Å². The SMILES string of the molecule is Cc1noc(-c2cnc(NC(=O)[C@H](CC3CCCC3)c3ccc(S(C)(=O)=O)c(Cl)c3)cn2)n1. The summed E-state index contributed by atoms with van der Waals surface area (Å²) in [6, 6.07) is 4.70. The summed E-state index contributed by atoms with van der Waals surface area (Å²) in [4.78, 5) is 25.9. The molecule has 33 heavy (non-hydrogen) atoms. The molecule has 4 rings (SSSR count). The number of carbonyl (C=O) groups is 1. The molecule has 0 saturated heterocycles. The first-order valence-corrected chi connectivity index (χ1v) is 12.9. The molecule has 9 nitrogen and oxygen atoms in total. The van der Waals surface area contributed by atoms with Gasteiger partial charge >= 0.3 is 0 Å². The van der Waals surface area contributed by atoms with Crippen LogP contribution in [0.5, 0.6) is 0 Å². The van der Waals surface area contributed by atoms with Gasteiger partial charge in [0, 0.05) is 6.26 Å². The molecule has 0 radical (unpaired) electrons. The van der Waals surface area contributed by atoms with E-state index in [2.05, 4.69) is 25.4 Å². The van der Waals surface area contributed by atoms with E-state index in [-0.39, 0.29) is 27.5 Å². The van der Waals surface area contributed by atoms with Crippen LogP contribution in [0, 0.1) is 12.8 Å². The van der Waals surface area contributed by atoms with E-state index < -0.39 is 15.8 Å². The van der Waals surface area contributed by atoms with Crippen molar-refractivity contribution in [3.63, 3.8) is 0 Å². The van der Waals surface area contributed by atoms with Crippen LogP contribution in [0.1, 0.15) is 49.4 Å². The fraction of sp³-hybridized carbons (Fsp3) is 0.409. The predicted octanol–water partition coefficient (Wildman–Crippen LogP) is 4.19. The average molecular weight is 490 g/mol. The molecule has 0 aliphatic heterocycles. The third-order valence-corrected chi connectivity index (χ3v) is 7.35. The Morgan fingerprint density at radius 2 is 2.00 bits per heavy atom. The van der Waals surface area contributed by atoms with E-state index in [9.17, 15) is 13.2 Å². The number of aromatic nitrogens is 4. The zero-order valence-electron chi connectivity index (χ0n) is 18.3. The topological polar surface area (TPSA) is 128 Å². The van der Waals surface area contributed by atoms with Gasteiger partial charge in [-0.2, -0.15) is 4.98 Å². The van der Waals surface area contributed by atoms with E-state index >= 15 is 0 Å². The van der Waals surface area contributed by atoms with E-state index in [0.29, 0.717) is 29.4 Å². The molecule has 3 aromatic rings. The van der Waals surface area contributed by atoms with E-state index in [0.717, 1.165) is 31.9 Å². The number of aryl methyl sites for hydroxylation is 1. The van der Waals surface area contributed by atoms with Crippen LogP contribution in [0.4, 0.5) is 5.82 Å². The number of anilines is 1. The van der Waals surface area contributed by atoms with Crippen molar-refractivity contribution in [3.05, 3.63) is 47.0 Å². The molecule has 2 aromatic heterocycles. The third-order valence-electron chi connectivity index (χ3n) is 5.77. The van der Waals surface area contributed by atoms with Gasteiger partial charge in [0.05, 0.1) is 28.2 Å². The zero-order chi connectivity index (χ0) is 23.6. The molecule has 1 aliphatic carbocycles. The Bertz CT molecular complexity index is 1250. The monoisotopic (exact) mass is 489 g/mol. The molecular formula is C22H24ClN5O4S. The number of nitrogens with one attached hydrogen (secondary N) is 1. The summed E-state index contributed by atoms with van der Waals surface area (Å²) in [5.41, 5.74) is 1.07. The van der Waals surface area contributed by atoms with Crippen molar-refractivity contribution in [2.75, 3.05) is 11.6 Å². The molecule has 174 valence electrons. The second-order valence-corrected chi connectivity index (χ2v) is 10.7. The van der Waals surface area contributed by atoms with Gasteiger partial charge in [-0.25, -0.2) is 18.4 Å². The van der Waals surface area contributed by atoms with Gasteiger partial charge < -0.3 is 9.84 Å². The number of hydrogen-bond acceptors (Lipinski definition) is 8. The minimum absolute atomic E-state index is 0.0469. The van der Waals surface area contributed by atoms with Gasteiger partial charge in [-0.15, -0.1) is 0 Å². The van der Waals surface area contributed by atoms with Crippen LogP contribution in [-0.2, 0) is 14.6 Å². The van der Waals surface area contributed by atoms with Crippen molar-refractivity contribution in [1.82, 2.24) is 20.1 Å². The van der Waals surface area contributed by atoms with Gasteiger partial charge in [0.25, 0.3) is 5.89 Å². The molecule has 1 atom stereocenters. The highest BCUT2D eigenvalue weighted by Gasteiger charge is 2.28. The van der Waals surface area contributed by atoms with Crippen molar-refractivity contribution >= 4 is 33.2 Å². The average Bonchev–Trinajstić information content (AvgIpc) is 3.43. The number of halogens is 1. The number of amides is 1. The molecule has 1 N–H and O–H groups in total. The van der Waals surface area contributed by atoms with Gasteiger partial charge in [0.2, 0.25) is 5.91 Å². The molecule has 11 heteroatoms. The smallest absolute Gasteiger partial charge is 0.278 e. The molecule has 1 amide bonds. The minimum Gasteiger partial charge on any atom is -0.332 e. The lowest BCUT2D eigenvalue weighted by atomic mass is 9.87. The van der Waals surface area contributed by atoms with Crippen molar-refractivity contribution in [1.29, 1.82) is 0 Å². The lowest BCUT2D eigenvalue weighted by Gasteiger charge is -2.21. The van der Waals surface area contributed by atoms with E-state index in [1.165, 1.54) is 18.5 Å². The third kappa shape index (κ3) is 5.56. The summed E-state index contributed by atoms with van der Waals surface area (Å²) in [5, 5.41) is 6.66. The van der Waals surface area contributed by atoms with Crippen LogP contribution < -0.4 is 5.32 Å². The van der Waals surface area contributed by atoms with E-state index in [4.69, 9.17) is 16.1 Å². The lowest BCUT2D eigenvalue weighted by Crippen LogP contribution is -2.24. The number of nitrogens with zero attached hydrogens (tertiary/aromatic N) is 4. The van der Waals surface area contributed by atoms with Crippen molar-refractivity contribution in [2.45, 2.75) is 49.8 Å². The highest BCUT2D eigenvalue weighted by Crippen LogP contribution is 2.36. The Labute approximate surface area is 196 Å². The fourth-order valence-electron chi connectivity index (χ4n) is 4.13. The maximum Gasteiger partial charge on any atom is 0.278 e. The summed E-state index contributed by atoms with van der Waals surface area (Å²) in [5.74, 6) is 0.690. The van der Waals surface area contributed by atoms with Gasteiger partial charge in [0.1, 0.15) is 5.69 Å². The Morgan fingerprint density at radius 1 is 1.24 bits per heavy atom. The number of hydrogen-bond donors (Lipinski definition) is 1. The molecule has 1 aromatic carbocycles. The van der Waals surface area contributed by atoms with Crippen LogP contribution in [0.2, 0.25) is 5.02 Å². The van der Waals surface area contributed by atoms with Crippen LogP contribution >= 0.6 is 11.6 Å². The molecule has 0 bridgehead atoms. The highest BCUT2D eigenvalue weighted by molar-refractivity contribution is 7.90. The molecule has 1 aliphatic rings. The van der Waals surface area contributed by atoms with Gasteiger partial charge in [0.15, 0.2) is 21.5 Å². The summed E-state index contributed by atoms with van der Waals surface area (Å²) in [6.45, 7) is 1.70. The zero-order valence-corrected chi connectivity index (χ0v) is 19.9. The molecule has 0 unspecified atom stereocenters. The molecule has 1 fully saturated rings. The predicted molar refractivity (Wildman–Crippen MR) is 123 cm³/mol. The normalized spacial score (nSPS) is 15.5. The molecular weight excluding hydrogens is 466 g/mol. The number of sulfone groups is 1. The van der Waals surface area contributed by atoms with Crippen LogP contribution in [-0.4, -0.2) is 40.7 Å². The first-order valence-electron chi connectivity index (χ1n) is 10.6. The second kappa shape index (κ2) is 9.56. The largest absolute Gasteiger partial charge is 0.332 e. The highest BCUT2D eigenvalue weighted by atomic mass is 35.5. The minimum atomic E-state index is -3.46. The van der Waals surface area contributed by atoms with Gasteiger partial charge in [-0.05, 0) is 37.0 Å². The van der Waals surface area contributed by atoms with Gasteiger partial charge in [-0.1, -0.05) is 48.5 Å². The summed E-state index contributed by atoms with van der Waals surface area (Å²) >= 11 is 6.26. The molecule has 2 heterocycles. The summed E-state index contributed by atoms with van der Waals surface area (Å²) < 4.78 is 28.9. The van der Waals surface area contributed by atoms with Crippen molar-refractivity contribution in [3.8, 4) is 11.6 Å². The first-order chi connectivity index (χ1) is 15.7.